The van der Waals surface area contributed by atoms with Crippen LogP contribution >= 0.6 is 0 Å². The summed E-state index contributed by atoms with van der Waals surface area (Å²) in [5, 5.41) is 23.5. The van der Waals surface area contributed by atoms with E-state index in [1.165, 1.54) is 443 Å². The Morgan fingerprint density at radius 3 is 0.784 bits per heavy atom. The Bertz CT molecular complexity index is 1530. The number of aliphatic hydroxyl groups excluding tert-OH is 2. The standard InChI is InChI=1S/C91H177NO5/c1-3-5-7-9-11-13-15-17-19-21-22-23-24-40-43-46-49-52-55-59-63-67-71-75-79-83-89(94)88(87-93)92-90(95)84-80-76-72-68-64-60-56-53-50-47-44-41-38-36-34-32-30-28-26-25-27-29-31-33-35-37-39-42-45-48-51-54-58-62-66-70-74-78-82-86-97-91(96)85-81-77-73-69-65-61-57-20-18-16-14-12-10-8-6-4-2/h25-26,29,31,88-89,93-94H,3-24,27-28,30,32-87H2,1-2H3,(H,92,95)/b26-25-,31-29-. The Morgan fingerprint density at radius 2 is 0.515 bits per heavy atom. The van der Waals surface area contributed by atoms with E-state index in [9.17, 15) is 19.8 Å². The third-order valence-corrected chi connectivity index (χ3v) is 21.5. The zero-order chi connectivity index (χ0) is 69.8. The Balaban J connectivity index is 3.35. The molecule has 0 bridgehead atoms. The molecule has 0 aromatic rings. The van der Waals surface area contributed by atoms with Crippen LogP contribution in [0.15, 0.2) is 24.3 Å². The molecule has 6 nitrogen and oxygen atoms in total. The minimum absolute atomic E-state index is 0.0251. The van der Waals surface area contributed by atoms with Gasteiger partial charge in [0.25, 0.3) is 0 Å². The fraction of sp³-hybridized carbons (Fsp3) is 0.934. The first kappa shape index (κ1) is 95.3. The van der Waals surface area contributed by atoms with Crippen molar-refractivity contribution in [2.75, 3.05) is 13.2 Å². The number of hydrogen-bond acceptors (Lipinski definition) is 5. The van der Waals surface area contributed by atoms with Crippen LogP contribution in [-0.2, 0) is 14.3 Å². The first-order chi connectivity index (χ1) is 48.0. The Morgan fingerprint density at radius 1 is 0.289 bits per heavy atom. The fourth-order valence-corrected chi connectivity index (χ4v) is 14.7. The van der Waals surface area contributed by atoms with Crippen LogP contribution in [0.5, 0.6) is 0 Å². The summed E-state index contributed by atoms with van der Waals surface area (Å²) in [6, 6.07) is -0.541. The van der Waals surface area contributed by atoms with E-state index in [0.29, 0.717) is 25.9 Å². The van der Waals surface area contributed by atoms with Crippen LogP contribution in [0.3, 0.4) is 0 Å². The lowest BCUT2D eigenvalue weighted by Crippen LogP contribution is -2.45. The van der Waals surface area contributed by atoms with E-state index >= 15 is 0 Å². The van der Waals surface area contributed by atoms with Gasteiger partial charge in [0, 0.05) is 12.8 Å². The molecule has 0 aromatic heterocycles. The number of rotatable bonds is 86. The van der Waals surface area contributed by atoms with Crippen LogP contribution in [0.4, 0.5) is 0 Å². The summed E-state index contributed by atoms with van der Waals surface area (Å²) in [5.41, 5.74) is 0. The smallest absolute Gasteiger partial charge is 0.305 e. The van der Waals surface area contributed by atoms with Gasteiger partial charge in [-0.3, -0.25) is 9.59 Å². The minimum Gasteiger partial charge on any atom is -0.466 e. The van der Waals surface area contributed by atoms with E-state index in [1.54, 1.807) is 0 Å². The molecule has 0 heterocycles. The SMILES string of the molecule is CCCCCCCCCCCCCCCCCCCCCCCCCCCC(O)C(CO)NC(=O)CCCCCCCCCCCCCCCCCCC/C=C\C/C=C\CCCCCCCCCCCCCCCCCOC(=O)CCCCCCCCCCCCCCCCCC. The highest BCUT2D eigenvalue weighted by Crippen LogP contribution is 2.21. The predicted molar refractivity (Wildman–Crippen MR) is 430 cm³/mol. The second-order valence-electron chi connectivity index (χ2n) is 31.3. The van der Waals surface area contributed by atoms with E-state index in [0.717, 1.165) is 44.9 Å². The molecule has 0 spiro atoms. The zero-order valence-corrected chi connectivity index (χ0v) is 66.4. The van der Waals surface area contributed by atoms with Gasteiger partial charge in [-0.25, -0.2) is 0 Å². The van der Waals surface area contributed by atoms with Crippen molar-refractivity contribution in [1.29, 1.82) is 0 Å². The first-order valence-corrected chi connectivity index (χ1v) is 45.1. The maximum Gasteiger partial charge on any atom is 0.305 e. The molecule has 0 radical (unpaired) electrons. The van der Waals surface area contributed by atoms with Gasteiger partial charge in [-0.1, -0.05) is 475 Å². The van der Waals surface area contributed by atoms with E-state index < -0.39 is 12.1 Å². The van der Waals surface area contributed by atoms with Gasteiger partial charge in [-0.15, -0.1) is 0 Å². The van der Waals surface area contributed by atoms with Crippen LogP contribution in [0.1, 0.15) is 521 Å². The van der Waals surface area contributed by atoms with Crippen LogP contribution in [-0.4, -0.2) is 47.4 Å². The molecule has 2 unspecified atom stereocenters. The number of esters is 1. The Kier molecular flexibility index (Phi) is 85.3. The van der Waals surface area contributed by atoms with Crippen molar-refractivity contribution in [3.05, 3.63) is 24.3 Å². The summed E-state index contributed by atoms with van der Waals surface area (Å²) in [5.74, 6) is -0.000137. The lowest BCUT2D eigenvalue weighted by atomic mass is 10.0. The molecule has 0 saturated heterocycles. The number of allylic oxidation sites excluding steroid dienone is 4. The van der Waals surface area contributed by atoms with Gasteiger partial charge in [0.05, 0.1) is 25.4 Å². The second-order valence-corrected chi connectivity index (χ2v) is 31.3. The molecule has 0 rings (SSSR count). The van der Waals surface area contributed by atoms with Crippen molar-refractivity contribution in [1.82, 2.24) is 5.32 Å². The van der Waals surface area contributed by atoms with Gasteiger partial charge in [0.1, 0.15) is 0 Å². The second kappa shape index (κ2) is 86.7. The van der Waals surface area contributed by atoms with Crippen LogP contribution < -0.4 is 5.32 Å². The summed E-state index contributed by atoms with van der Waals surface area (Å²) in [4.78, 5) is 24.7. The van der Waals surface area contributed by atoms with Crippen molar-refractivity contribution in [3.63, 3.8) is 0 Å². The molecule has 576 valence electrons. The summed E-state index contributed by atoms with van der Waals surface area (Å²) >= 11 is 0. The molecular weight excluding hydrogens is 1190 g/mol. The predicted octanol–water partition coefficient (Wildman–Crippen LogP) is 30.3. The maximum atomic E-state index is 12.6. The summed E-state index contributed by atoms with van der Waals surface area (Å²) in [6.07, 6.45) is 113. The number of carbonyl (C=O) groups excluding carboxylic acids is 2. The molecule has 0 saturated carbocycles. The largest absolute Gasteiger partial charge is 0.466 e. The highest BCUT2D eigenvalue weighted by molar-refractivity contribution is 5.76. The molecule has 0 aliphatic heterocycles. The fourth-order valence-electron chi connectivity index (χ4n) is 14.7. The zero-order valence-electron chi connectivity index (χ0n) is 66.4. The quantitative estimate of drug-likeness (QED) is 0.0320. The van der Waals surface area contributed by atoms with Crippen molar-refractivity contribution >= 4 is 11.9 Å². The average molecular weight is 1370 g/mol. The molecule has 1 amide bonds. The molecule has 0 aromatic carbocycles. The number of amides is 1. The Hall–Kier alpha value is -1.66. The molecule has 0 aliphatic carbocycles. The highest BCUT2D eigenvalue weighted by Gasteiger charge is 2.20. The monoisotopic (exact) mass is 1360 g/mol. The number of aliphatic hydroxyl groups is 2. The van der Waals surface area contributed by atoms with Crippen molar-refractivity contribution in [3.8, 4) is 0 Å². The van der Waals surface area contributed by atoms with Crippen molar-refractivity contribution in [2.45, 2.75) is 533 Å². The summed E-state index contributed by atoms with van der Waals surface area (Å²) in [7, 11) is 0. The van der Waals surface area contributed by atoms with Gasteiger partial charge in [-0.05, 0) is 57.8 Å². The van der Waals surface area contributed by atoms with Gasteiger partial charge in [0.2, 0.25) is 5.91 Å². The number of unbranched alkanes of at least 4 members (excludes halogenated alkanes) is 71. The molecule has 3 N–H and O–H groups in total. The lowest BCUT2D eigenvalue weighted by molar-refractivity contribution is -0.143. The van der Waals surface area contributed by atoms with E-state index in [2.05, 4.69) is 43.5 Å². The van der Waals surface area contributed by atoms with E-state index in [1.807, 2.05) is 0 Å². The summed E-state index contributed by atoms with van der Waals surface area (Å²) in [6.45, 7) is 5.02. The van der Waals surface area contributed by atoms with Gasteiger partial charge in [0.15, 0.2) is 0 Å². The average Bonchev–Trinajstić information content (AvgIpc) is 2.69. The molecule has 2 atom stereocenters. The van der Waals surface area contributed by atoms with E-state index in [4.69, 9.17) is 4.74 Å². The third kappa shape index (κ3) is 83.2. The van der Waals surface area contributed by atoms with Crippen LogP contribution in [0.25, 0.3) is 0 Å². The molecule has 6 heteroatoms. The molecule has 0 aliphatic rings. The summed E-state index contributed by atoms with van der Waals surface area (Å²) < 4.78 is 5.51. The molecule has 0 fully saturated rings. The Labute approximate surface area is 609 Å². The number of carbonyl (C=O) groups is 2. The van der Waals surface area contributed by atoms with Crippen LogP contribution in [0.2, 0.25) is 0 Å². The normalized spacial score (nSPS) is 12.5. The van der Waals surface area contributed by atoms with Crippen molar-refractivity contribution in [2.24, 2.45) is 0 Å². The van der Waals surface area contributed by atoms with Gasteiger partial charge >= 0.3 is 5.97 Å². The van der Waals surface area contributed by atoms with Crippen LogP contribution in [0, 0.1) is 0 Å². The molecular formula is C91H177NO5. The first-order valence-electron chi connectivity index (χ1n) is 45.1. The number of nitrogens with one attached hydrogen (secondary N) is 1. The van der Waals surface area contributed by atoms with Crippen molar-refractivity contribution < 1.29 is 24.5 Å². The lowest BCUT2D eigenvalue weighted by Gasteiger charge is -2.22. The molecule has 97 heavy (non-hydrogen) atoms. The maximum absolute atomic E-state index is 12.6. The highest BCUT2D eigenvalue weighted by atomic mass is 16.5. The minimum atomic E-state index is -0.664. The number of hydrogen-bond donors (Lipinski definition) is 3. The topological polar surface area (TPSA) is 95.9 Å². The van der Waals surface area contributed by atoms with Gasteiger partial charge < -0.3 is 20.3 Å². The van der Waals surface area contributed by atoms with Gasteiger partial charge in [-0.2, -0.15) is 0 Å². The number of ether oxygens (including phenoxy) is 1. The van der Waals surface area contributed by atoms with E-state index in [-0.39, 0.29) is 18.5 Å². The third-order valence-electron chi connectivity index (χ3n) is 21.5.